The number of anilines is 1. The first-order valence-corrected chi connectivity index (χ1v) is 9.54. The van der Waals surface area contributed by atoms with Gasteiger partial charge in [-0.2, -0.15) is 0 Å². The zero-order valence-corrected chi connectivity index (χ0v) is 16.4. The molecule has 0 radical (unpaired) electrons. The van der Waals surface area contributed by atoms with E-state index in [1.807, 2.05) is 50.2 Å². The van der Waals surface area contributed by atoms with Crippen molar-refractivity contribution in [1.29, 1.82) is 0 Å². The van der Waals surface area contributed by atoms with E-state index in [1.165, 1.54) is 5.56 Å². The average Bonchev–Trinajstić information content (AvgIpc) is 2.72. The van der Waals surface area contributed by atoms with Crippen molar-refractivity contribution in [1.82, 2.24) is 10.3 Å². The van der Waals surface area contributed by atoms with E-state index < -0.39 is 11.8 Å². The zero-order valence-electron chi connectivity index (χ0n) is 16.4. The summed E-state index contributed by atoms with van der Waals surface area (Å²) in [7, 11) is 0. The number of para-hydroxylation sites is 1. The minimum Gasteiger partial charge on any atom is -0.341 e. The second kappa shape index (κ2) is 8.65. The highest BCUT2D eigenvalue weighted by atomic mass is 16.2. The molecule has 0 saturated carbocycles. The number of aryl methyl sites for hydroxylation is 1. The van der Waals surface area contributed by atoms with Gasteiger partial charge in [0.15, 0.2) is 0 Å². The maximum atomic E-state index is 12.6. The number of carbonyl (C=O) groups excluding carboxylic acids is 2. The van der Waals surface area contributed by atoms with E-state index in [2.05, 4.69) is 34.7 Å². The molecule has 2 N–H and O–H groups in total. The topological polar surface area (TPSA) is 71.1 Å². The van der Waals surface area contributed by atoms with Crippen LogP contribution in [0.2, 0.25) is 0 Å². The molecular weight excluding hydrogens is 350 g/mol. The van der Waals surface area contributed by atoms with E-state index in [4.69, 9.17) is 0 Å². The molecule has 0 bridgehead atoms. The van der Waals surface area contributed by atoms with Gasteiger partial charge in [-0.3, -0.25) is 14.6 Å². The highest BCUT2D eigenvalue weighted by Crippen LogP contribution is 2.23. The van der Waals surface area contributed by atoms with Crippen molar-refractivity contribution >= 4 is 28.4 Å². The van der Waals surface area contributed by atoms with Gasteiger partial charge in [-0.1, -0.05) is 63.2 Å². The Balaban J connectivity index is 1.75. The number of fused-ring (bicyclic) bond motifs is 1. The Hall–Kier alpha value is -3.21. The van der Waals surface area contributed by atoms with Gasteiger partial charge in [0.2, 0.25) is 0 Å². The number of benzene rings is 2. The third kappa shape index (κ3) is 4.36. The Morgan fingerprint density at radius 1 is 0.964 bits per heavy atom. The summed E-state index contributed by atoms with van der Waals surface area (Å²) in [6.07, 6.45) is 2.62. The molecule has 0 fully saturated rings. The Bertz CT molecular complexity index is 975. The maximum absolute atomic E-state index is 12.6. The lowest BCUT2D eigenvalue weighted by Crippen LogP contribution is -2.39. The van der Waals surface area contributed by atoms with Crippen molar-refractivity contribution in [2.75, 3.05) is 5.32 Å². The quantitative estimate of drug-likeness (QED) is 0.655. The van der Waals surface area contributed by atoms with Crippen LogP contribution in [-0.2, 0) is 16.0 Å². The summed E-state index contributed by atoms with van der Waals surface area (Å²) in [6.45, 7) is 6.14. The van der Waals surface area contributed by atoms with E-state index in [-0.39, 0.29) is 12.0 Å². The monoisotopic (exact) mass is 375 g/mol. The van der Waals surface area contributed by atoms with E-state index in [0.29, 0.717) is 11.2 Å². The fraction of sp³-hybridized carbons (Fsp3) is 0.261. The van der Waals surface area contributed by atoms with Crippen LogP contribution in [0.4, 0.5) is 5.69 Å². The summed E-state index contributed by atoms with van der Waals surface area (Å²) < 4.78 is 0. The first-order chi connectivity index (χ1) is 13.5. The highest BCUT2D eigenvalue weighted by molar-refractivity contribution is 6.40. The van der Waals surface area contributed by atoms with Crippen LogP contribution in [0.3, 0.4) is 0 Å². The molecule has 0 saturated heterocycles. The first-order valence-electron chi connectivity index (χ1n) is 9.54. The molecule has 28 heavy (non-hydrogen) atoms. The number of carbonyl (C=O) groups is 2. The molecule has 0 unspecified atom stereocenters. The fourth-order valence-electron chi connectivity index (χ4n) is 3.19. The second-order valence-corrected chi connectivity index (χ2v) is 7.13. The normalized spacial score (nSPS) is 12.0. The van der Waals surface area contributed by atoms with Crippen molar-refractivity contribution < 1.29 is 9.59 Å². The molecule has 1 atom stereocenters. The molecule has 0 aliphatic heterocycles. The van der Waals surface area contributed by atoms with Crippen LogP contribution in [0.5, 0.6) is 0 Å². The molecule has 2 aromatic carbocycles. The number of nitrogens with one attached hydrogen (secondary N) is 2. The molecular formula is C23H25N3O2. The van der Waals surface area contributed by atoms with E-state index in [1.54, 1.807) is 12.3 Å². The van der Waals surface area contributed by atoms with Gasteiger partial charge in [0.1, 0.15) is 0 Å². The lowest BCUT2D eigenvalue weighted by molar-refractivity contribution is -0.136. The predicted octanol–water partition coefficient (Wildman–Crippen LogP) is 4.25. The van der Waals surface area contributed by atoms with Crippen LogP contribution in [0.1, 0.15) is 37.9 Å². The molecule has 0 aliphatic carbocycles. The molecule has 5 nitrogen and oxygen atoms in total. The standard InChI is InChI=1S/C23H25N3O2/c1-4-16-10-12-18(13-11-16)20(15(2)3)26-23(28)22(27)25-19-9-5-7-17-8-6-14-24-21(17)19/h5-15,20H,4H2,1-3H3,(H,25,27)(H,26,28)/t20-/m0/s1. The van der Waals surface area contributed by atoms with Gasteiger partial charge in [-0.15, -0.1) is 0 Å². The van der Waals surface area contributed by atoms with Crippen molar-refractivity contribution in [3.8, 4) is 0 Å². The van der Waals surface area contributed by atoms with Gasteiger partial charge in [0, 0.05) is 11.6 Å². The highest BCUT2D eigenvalue weighted by Gasteiger charge is 2.23. The van der Waals surface area contributed by atoms with E-state index in [0.717, 1.165) is 17.4 Å². The number of amides is 2. The SMILES string of the molecule is CCc1ccc([C@@H](NC(=O)C(=O)Nc2cccc3cccnc23)C(C)C)cc1. The number of hydrogen-bond acceptors (Lipinski definition) is 3. The molecule has 144 valence electrons. The minimum absolute atomic E-state index is 0.142. The summed E-state index contributed by atoms with van der Waals surface area (Å²) in [5.41, 5.74) is 3.40. The molecule has 3 aromatic rings. The molecule has 2 amide bonds. The maximum Gasteiger partial charge on any atom is 0.313 e. The molecule has 3 rings (SSSR count). The van der Waals surface area contributed by atoms with Gasteiger partial charge in [-0.25, -0.2) is 0 Å². The molecule has 5 heteroatoms. The largest absolute Gasteiger partial charge is 0.341 e. The first kappa shape index (κ1) is 19.5. The van der Waals surface area contributed by atoms with Crippen molar-refractivity contribution in [3.63, 3.8) is 0 Å². The van der Waals surface area contributed by atoms with Crippen LogP contribution < -0.4 is 10.6 Å². The molecule has 0 spiro atoms. The summed E-state index contributed by atoms with van der Waals surface area (Å²) in [6, 6.07) is 17.1. The van der Waals surface area contributed by atoms with Crippen molar-refractivity contribution in [3.05, 3.63) is 71.9 Å². The van der Waals surface area contributed by atoms with Crippen LogP contribution in [0, 0.1) is 5.92 Å². The van der Waals surface area contributed by atoms with Crippen LogP contribution in [0.15, 0.2) is 60.8 Å². The van der Waals surface area contributed by atoms with Gasteiger partial charge in [-0.05, 0) is 35.6 Å². The summed E-state index contributed by atoms with van der Waals surface area (Å²) in [5.74, 6) is -1.22. The second-order valence-electron chi connectivity index (χ2n) is 7.13. The third-order valence-electron chi connectivity index (χ3n) is 4.79. The number of aromatic nitrogens is 1. The lowest BCUT2D eigenvalue weighted by atomic mass is 9.95. The summed E-state index contributed by atoms with van der Waals surface area (Å²) in [5, 5.41) is 6.45. The Morgan fingerprint density at radius 3 is 2.36 bits per heavy atom. The fourth-order valence-corrected chi connectivity index (χ4v) is 3.19. The Kier molecular flexibility index (Phi) is 6.04. The molecule has 1 heterocycles. The number of nitrogens with zero attached hydrogens (tertiary/aromatic N) is 1. The van der Waals surface area contributed by atoms with E-state index in [9.17, 15) is 9.59 Å². The zero-order chi connectivity index (χ0) is 20.1. The lowest BCUT2D eigenvalue weighted by Gasteiger charge is -2.23. The minimum atomic E-state index is -0.700. The average molecular weight is 375 g/mol. The summed E-state index contributed by atoms with van der Waals surface area (Å²) >= 11 is 0. The van der Waals surface area contributed by atoms with Gasteiger partial charge in [0.25, 0.3) is 0 Å². The van der Waals surface area contributed by atoms with E-state index >= 15 is 0 Å². The van der Waals surface area contributed by atoms with Crippen LogP contribution >= 0.6 is 0 Å². The van der Waals surface area contributed by atoms with Crippen molar-refractivity contribution in [2.24, 2.45) is 5.92 Å². The Morgan fingerprint density at radius 2 is 1.68 bits per heavy atom. The predicted molar refractivity (Wildman–Crippen MR) is 112 cm³/mol. The molecule has 0 aliphatic rings. The van der Waals surface area contributed by atoms with Crippen molar-refractivity contribution in [2.45, 2.75) is 33.2 Å². The summed E-state index contributed by atoms with van der Waals surface area (Å²) in [4.78, 5) is 29.3. The van der Waals surface area contributed by atoms with Gasteiger partial charge < -0.3 is 10.6 Å². The van der Waals surface area contributed by atoms with Gasteiger partial charge >= 0.3 is 11.8 Å². The number of hydrogen-bond donors (Lipinski definition) is 2. The third-order valence-corrected chi connectivity index (χ3v) is 4.79. The Labute approximate surface area is 165 Å². The number of rotatable bonds is 5. The van der Waals surface area contributed by atoms with Crippen LogP contribution in [-0.4, -0.2) is 16.8 Å². The number of pyridine rings is 1. The van der Waals surface area contributed by atoms with Crippen LogP contribution in [0.25, 0.3) is 10.9 Å². The van der Waals surface area contributed by atoms with Gasteiger partial charge in [0.05, 0.1) is 17.2 Å². The molecule has 1 aromatic heterocycles. The smallest absolute Gasteiger partial charge is 0.313 e.